The van der Waals surface area contributed by atoms with Crippen LogP contribution in [0, 0.1) is 0 Å². The molecule has 0 saturated carbocycles. The van der Waals surface area contributed by atoms with Crippen LogP contribution in [-0.4, -0.2) is 36.5 Å². The second kappa shape index (κ2) is 5.25. The molecule has 94 valence electrons. The molecule has 1 aliphatic rings. The zero-order valence-corrected chi connectivity index (χ0v) is 11.5. The number of rotatable bonds is 1. The van der Waals surface area contributed by atoms with Gasteiger partial charge in [0.2, 0.25) is 0 Å². The lowest BCUT2D eigenvalue weighted by Gasteiger charge is -2.28. The van der Waals surface area contributed by atoms with Gasteiger partial charge in [-0.25, -0.2) is 0 Å². The topological polar surface area (TPSA) is 29.5 Å². The molecule has 1 atom stereocenters. The van der Waals surface area contributed by atoms with Crippen LogP contribution in [0.1, 0.15) is 23.7 Å². The molecule has 1 aliphatic heterocycles. The maximum Gasteiger partial charge on any atom is 0.126 e. The highest BCUT2D eigenvalue weighted by Gasteiger charge is 2.24. The summed E-state index contributed by atoms with van der Waals surface area (Å²) < 4.78 is 5.94. The summed E-state index contributed by atoms with van der Waals surface area (Å²) in [6, 6.07) is 6.79. The molecule has 0 aromatic heterocycles. The fraction of sp³-hybridized carbons (Fsp3) is 0.200. The first kappa shape index (κ1) is 14.2. The molecule has 2 nitrogen and oxygen atoms in total. The molecule has 3 rings (SSSR count). The Morgan fingerprint density at radius 1 is 1.00 bits per heavy atom. The van der Waals surface area contributed by atoms with E-state index in [2.05, 4.69) is 0 Å². The summed E-state index contributed by atoms with van der Waals surface area (Å²) in [5, 5.41) is 9.90. The van der Waals surface area contributed by atoms with Gasteiger partial charge in [0.1, 0.15) is 49.0 Å². The molecule has 1 unspecified atom stereocenters. The molecule has 1 N–H and O–H groups in total. The number of fused-ring (bicyclic) bond motifs is 1. The maximum absolute atomic E-state index is 9.90. The zero-order chi connectivity index (χ0) is 15.1. The van der Waals surface area contributed by atoms with E-state index in [-0.39, 0.29) is 11.9 Å². The molecule has 0 saturated heterocycles. The van der Waals surface area contributed by atoms with Crippen molar-refractivity contribution in [3.8, 4) is 11.5 Å². The minimum atomic E-state index is -0.191. The van der Waals surface area contributed by atoms with E-state index in [0.717, 1.165) is 11.1 Å². The molecule has 0 spiro atoms. The van der Waals surface area contributed by atoms with Gasteiger partial charge in [-0.3, -0.25) is 0 Å². The molecule has 6 heteroatoms. The van der Waals surface area contributed by atoms with Crippen molar-refractivity contribution < 1.29 is 9.84 Å². The predicted octanol–water partition coefficient (Wildman–Crippen LogP) is -1.37. The Hall–Kier alpha value is -1.70. The number of phenolic OH excluding ortho intramolecular Hbond substituents is 1. The fourth-order valence-electron chi connectivity index (χ4n) is 2.64. The lowest BCUT2D eigenvalue weighted by molar-refractivity contribution is 0.175. The van der Waals surface area contributed by atoms with Crippen molar-refractivity contribution in [2.45, 2.75) is 18.9 Å². The van der Waals surface area contributed by atoms with E-state index in [1.807, 2.05) is 0 Å². The number of hydrogen-bond acceptors (Lipinski definition) is 2. The lowest BCUT2D eigenvalue weighted by atomic mass is 9.71. The Bertz CT molecular complexity index is 692. The highest BCUT2D eigenvalue weighted by Crippen LogP contribution is 2.37. The van der Waals surface area contributed by atoms with Crippen LogP contribution in [0.25, 0.3) is 0 Å². The molecule has 8 radical (unpaired) electrons. The third-order valence-corrected chi connectivity index (χ3v) is 3.77. The van der Waals surface area contributed by atoms with Crippen LogP contribution in [-0.2, 0) is 6.42 Å². The molecular weight excluding hydrogens is 255 g/mol. The summed E-state index contributed by atoms with van der Waals surface area (Å²) in [5.74, 6) is 0.762. The molecule has 0 aliphatic carbocycles. The number of ether oxygens (including phenoxy) is 1. The summed E-state index contributed by atoms with van der Waals surface area (Å²) >= 11 is 0. The third kappa shape index (κ3) is 2.59. The van der Waals surface area contributed by atoms with Gasteiger partial charge < -0.3 is 9.84 Å². The molecular formula is C15H10B4O2. The minimum Gasteiger partial charge on any atom is -0.508 e. The highest BCUT2D eigenvalue weighted by atomic mass is 16.5. The van der Waals surface area contributed by atoms with Crippen LogP contribution in [0.2, 0.25) is 0 Å². The Morgan fingerprint density at radius 3 is 2.33 bits per heavy atom. The number of benzene rings is 2. The second-order valence-electron chi connectivity index (χ2n) is 5.27. The summed E-state index contributed by atoms with van der Waals surface area (Å²) in [4.78, 5) is 0. The Kier molecular flexibility index (Phi) is 3.56. The molecule has 0 amide bonds. The van der Waals surface area contributed by atoms with Crippen LogP contribution in [0.15, 0.2) is 24.3 Å². The molecule has 21 heavy (non-hydrogen) atoms. The number of hydrogen-bond donors (Lipinski definition) is 1. The smallest absolute Gasteiger partial charge is 0.126 e. The maximum atomic E-state index is 9.90. The van der Waals surface area contributed by atoms with E-state index in [1.165, 1.54) is 6.07 Å². The summed E-state index contributed by atoms with van der Waals surface area (Å²) in [5.41, 5.74) is 3.37. The van der Waals surface area contributed by atoms with Crippen molar-refractivity contribution in [2.24, 2.45) is 0 Å². The largest absolute Gasteiger partial charge is 0.508 e. The molecule has 0 fully saturated rings. The van der Waals surface area contributed by atoms with Gasteiger partial charge in [-0.05, 0) is 30.5 Å². The van der Waals surface area contributed by atoms with Gasteiger partial charge in [-0.2, -0.15) is 0 Å². The van der Waals surface area contributed by atoms with Crippen molar-refractivity contribution in [1.82, 2.24) is 0 Å². The SMILES string of the molecule is [B]c1cc(O)c2c(c1)OC(c1cc([B])c([B])c([B])c1)CC2. The average molecular weight is 265 g/mol. The van der Waals surface area contributed by atoms with Gasteiger partial charge in [0.15, 0.2) is 0 Å². The zero-order valence-electron chi connectivity index (χ0n) is 11.5. The standard InChI is InChI=1S/C15H10B4O2/c16-8-5-12(20)9-1-2-13(21-14(9)6-8)7-3-10(17)15(19)11(18)4-7/h3-6,13,20H,1-2H2. The second-order valence-corrected chi connectivity index (χ2v) is 5.27. The molecule has 2 aromatic carbocycles. The van der Waals surface area contributed by atoms with E-state index < -0.39 is 0 Å². The van der Waals surface area contributed by atoms with Gasteiger partial charge >= 0.3 is 0 Å². The average Bonchev–Trinajstić information content (AvgIpc) is 2.43. The van der Waals surface area contributed by atoms with Crippen LogP contribution in [0.3, 0.4) is 0 Å². The van der Waals surface area contributed by atoms with Crippen molar-refractivity contribution in [2.75, 3.05) is 0 Å². The van der Waals surface area contributed by atoms with Crippen LogP contribution in [0.5, 0.6) is 11.5 Å². The van der Waals surface area contributed by atoms with Gasteiger partial charge in [0, 0.05) is 5.56 Å². The normalized spacial score (nSPS) is 17.0. The molecule has 0 bridgehead atoms. The van der Waals surface area contributed by atoms with Crippen molar-refractivity contribution in [3.05, 3.63) is 35.4 Å². The Labute approximate surface area is 129 Å². The van der Waals surface area contributed by atoms with Crippen LogP contribution in [0.4, 0.5) is 0 Å². The highest BCUT2D eigenvalue weighted by molar-refractivity contribution is 6.57. The first-order chi connectivity index (χ1) is 9.95. The van der Waals surface area contributed by atoms with Crippen LogP contribution < -0.4 is 26.6 Å². The van der Waals surface area contributed by atoms with Crippen molar-refractivity contribution in [3.63, 3.8) is 0 Å². The summed E-state index contributed by atoms with van der Waals surface area (Å²) in [6.07, 6.45) is 1.22. The van der Waals surface area contributed by atoms with Crippen LogP contribution >= 0.6 is 0 Å². The van der Waals surface area contributed by atoms with Crippen molar-refractivity contribution in [1.29, 1.82) is 0 Å². The van der Waals surface area contributed by atoms with Gasteiger partial charge in [-0.1, -0.05) is 17.6 Å². The van der Waals surface area contributed by atoms with E-state index >= 15 is 0 Å². The third-order valence-electron chi connectivity index (χ3n) is 3.77. The minimum absolute atomic E-state index is 0.166. The van der Waals surface area contributed by atoms with E-state index in [4.69, 9.17) is 36.1 Å². The quantitative estimate of drug-likeness (QED) is 0.645. The fourth-order valence-corrected chi connectivity index (χ4v) is 2.64. The van der Waals surface area contributed by atoms with E-state index in [9.17, 15) is 5.11 Å². The van der Waals surface area contributed by atoms with Gasteiger partial charge in [0.05, 0.1) is 0 Å². The van der Waals surface area contributed by atoms with Gasteiger partial charge in [0.25, 0.3) is 0 Å². The molecule has 2 aromatic rings. The van der Waals surface area contributed by atoms with E-state index in [0.29, 0.717) is 40.4 Å². The van der Waals surface area contributed by atoms with E-state index in [1.54, 1.807) is 18.2 Å². The first-order valence-electron chi connectivity index (χ1n) is 6.68. The summed E-state index contributed by atoms with van der Waals surface area (Å²) in [7, 11) is 23.2. The lowest BCUT2D eigenvalue weighted by Crippen LogP contribution is -2.39. The van der Waals surface area contributed by atoms with Gasteiger partial charge in [-0.15, -0.1) is 16.4 Å². The van der Waals surface area contributed by atoms with Crippen molar-refractivity contribution >= 4 is 53.2 Å². The summed E-state index contributed by atoms with van der Waals surface area (Å²) in [6.45, 7) is 0. The molecule has 1 heterocycles. The Balaban J connectivity index is 1.96. The number of phenols is 1. The Morgan fingerprint density at radius 2 is 1.67 bits per heavy atom. The predicted molar refractivity (Wildman–Crippen MR) is 87.8 cm³/mol. The monoisotopic (exact) mass is 266 g/mol. The number of aromatic hydroxyl groups is 1. The first-order valence-corrected chi connectivity index (χ1v) is 6.68.